The van der Waals surface area contributed by atoms with Gasteiger partial charge in [0.1, 0.15) is 11.1 Å². The molecular formula is C15H15ClN2O3. The number of benzene rings is 1. The molecular weight excluding hydrogens is 292 g/mol. The van der Waals surface area contributed by atoms with Crippen molar-refractivity contribution in [3.05, 3.63) is 39.2 Å². The van der Waals surface area contributed by atoms with E-state index in [4.69, 9.17) is 16.0 Å². The van der Waals surface area contributed by atoms with Crippen LogP contribution in [0.3, 0.4) is 0 Å². The molecule has 110 valence electrons. The van der Waals surface area contributed by atoms with E-state index in [1.165, 1.54) is 0 Å². The summed E-state index contributed by atoms with van der Waals surface area (Å²) in [5, 5.41) is 1.25. The largest absolute Gasteiger partial charge is 0.422 e. The van der Waals surface area contributed by atoms with Crippen LogP contribution >= 0.6 is 11.6 Å². The van der Waals surface area contributed by atoms with Crippen molar-refractivity contribution in [2.45, 2.75) is 0 Å². The molecule has 0 radical (unpaired) electrons. The van der Waals surface area contributed by atoms with Gasteiger partial charge < -0.3 is 14.2 Å². The third-order valence-corrected chi connectivity index (χ3v) is 4.05. The maximum Gasteiger partial charge on any atom is 0.349 e. The molecule has 21 heavy (non-hydrogen) atoms. The molecule has 2 heterocycles. The van der Waals surface area contributed by atoms with E-state index in [1.807, 2.05) is 7.05 Å². The van der Waals surface area contributed by atoms with Gasteiger partial charge in [-0.1, -0.05) is 11.6 Å². The number of fused-ring (bicyclic) bond motifs is 1. The van der Waals surface area contributed by atoms with Gasteiger partial charge in [-0.2, -0.15) is 0 Å². The maximum absolute atomic E-state index is 12.0. The number of rotatable bonds is 2. The zero-order valence-corrected chi connectivity index (χ0v) is 12.4. The van der Waals surface area contributed by atoms with Crippen LogP contribution in [0.1, 0.15) is 10.4 Å². The lowest BCUT2D eigenvalue weighted by molar-refractivity contribution is 0.112. The molecule has 2 aromatic rings. The molecule has 1 aliphatic heterocycles. The molecule has 0 bridgehead atoms. The molecule has 3 rings (SSSR count). The Balaban J connectivity index is 2.24. The van der Waals surface area contributed by atoms with E-state index >= 15 is 0 Å². The van der Waals surface area contributed by atoms with Gasteiger partial charge in [0.2, 0.25) is 0 Å². The van der Waals surface area contributed by atoms with E-state index in [-0.39, 0.29) is 5.56 Å². The normalized spacial score (nSPS) is 16.4. The highest BCUT2D eigenvalue weighted by Crippen LogP contribution is 2.30. The number of anilines is 1. The molecule has 0 spiro atoms. The zero-order valence-electron chi connectivity index (χ0n) is 11.6. The fourth-order valence-electron chi connectivity index (χ4n) is 2.65. The maximum atomic E-state index is 12.0. The average molecular weight is 307 g/mol. The number of carbonyl (C=O) groups excluding carboxylic acids is 1. The third kappa shape index (κ3) is 2.54. The standard InChI is InChI=1S/C15H15ClN2O3/c1-17-4-6-18(7-5-17)14-11-8-10(16)2-3-13(11)21-15(20)12(14)9-19/h2-3,8-9H,4-7H2,1H3. The highest BCUT2D eigenvalue weighted by atomic mass is 35.5. The van der Waals surface area contributed by atoms with Crippen LogP contribution in [-0.2, 0) is 0 Å². The van der Waals surface area contributed by atoms with Gasteiger partial charge in [0, 0.05) is 36.6 Å². The monoisotopic (exact) mass is 306 g/mol. The fourth-order valence-corrected chi connectivity index (χ4v) is 2.82. The number of aldehydes is 1. The van der Waals surface area contributed by atoms with Crippen LogP contribution in [0.4, 0.5) is 5.69 Å². The number of nitrogens with zero attached hydrogens (tertiary/aromatic N) is 2. The first kappa shape index (κ1) is 14.1. The van der Waals surface area contributed by atoms with Crippen molar-refractivity contribution in [1.82, 2.24) is 4.90 Å². The van der Waals surface area contributed by atoms with Crippen molar-refractivity contribution >= 4 is 34.5 Å². The predicted octanol–water partition coefficient (Wildman–Crippen LogP) is 2.01. The summed E-state index contributed by atoms with van der Waals surface area (Å²) in [6.07, 6.45) is 0.569. The van der Waals surface area contributed by atoms with Crippen LogP contribution in [0, 0.1) is 0 Å². The molecule has 0 saturated carbocycles. The Morgan fingerprint density at radius 3 is 2.62 bits per heavy atom. The number of piperazine rings is 1. The average Bonchev–Trinajstić information content (AvgIpc) is 2.47. The van der Waals surface area contributed by atoms with Gasteiger partial charge in [-0.05, 0) is 25.2 Å². The predicted molar refractivity (Wildman–Crippen MR) is 82.6 cm³/mol. The summed E-state index contributed by atoms with van der Waals surface area (Å²) in [6.45, 7) is 3.26. The summed E-state index contributed by atoms with van der Waals surface area (Å²) in [7, 11) is 2.05. The molecule has 1 aromatic heterocycles. The van der Waals surface area contributed by atoms with Gasteiger partial charge in [0.05, 0.1) is 5.69 Å². The first-order chi connectivity index (χ1) is 10.1. The van der Waals surface area contributed by atoms with Crippen molar-refractivity contribution < 1.29 is 9.21 Å². The Kier molecular flexibility index (Phi) is 3.69. The first-order valence-corrected chi connectivity index (χ1v) is 7.13. The second kappa shape index (κ2) is 5.50. The second-order valence-corrected chi connectivity index (χ2v) is 5.64. The Hall–Kier alpha value is -1.85. The lowest BCUT2D eigenvalue weighted by Crippen LogP contribution is -2.45. The zero-order chi connectivity index (χ0) is 15.0. The quantitative estimate of drug-likeness (QED) is 0.627. The van der Waals surface area contributed by atoms with E-state index in [2.05, 4.69) is 9.80 Å². The Labute approximate surface area is 126 Å². The van der Waals surface area contributed by atoms with Crippen LogP contribution in [0.15, 0.2) is 27.4 Å². The first-order valence-electron chi connectivity index (χ1n) is 6.75. The summed E-state index contributed by atoms with van der Waals surface area (Å²) >= 11 is 6.05. The van der Waals surface area contributed by atoms with Gasteiger partial charge in [-0.25, -0.2) is 4.79 Å². The van der Waals surface area contributed by atoms with Crippen LogP contribution in [-0.4, -0.2) is 44.4 Å². The van der Waals surface area contributed by atoms with Crippen molar-refractivity contribution in [1.29, 1.82) is 0 Å². The molecule has 0 N–H and O–H groups in total. The second-order valence-electron chi connectivity index (χ2n) is 5.20. The SMILES string of the molecule is CN1CCN(c2c(C=O)c(=O)oc3ccc(Cl)cc23)CC1. The fraction of sp³-hybridized carbons (Fsp3) is 0.333. The molecule has 0 atom stereocenters. The lowest BCUT2D eigenvalue weighted by Gasteiger charge is -2.34. The Morgan fingerprint density at radius 2 is 1.95 bits per heavy atom. The van der Waals surface area contributed by atoms with Gasteiger partial charge in [-0.15, -0.1) is 0 Å². The highest BCUT2D eigenvalue weighted by molar-refractivity contribution is 6.31. The Bertz CT molecular complexity index is 748. The Morgan fingerprint density at radius 1 is 1.24 bits per heavy atom. The minimum absolute atomic E-state index is 0.0642. The number of carbonyl (C=O) groups is 1. The topological polar surface area (TPSA) is 53.8 Å². The summed E-state index contributed by atoms with van der Waals surface area (Å²) in [4.78, 5) is 27.6. The van der Waals surface area contributed by atoms with E-state index in [0.29, 0.717) is 28.0 Å². The summed E-state index contributed by atoms with van der Waals surface area (Å²) in [6, 6.07) is 5.06. The van der Waals surface area contributed by atoms with Gasteiger partial charge in [0.15, 0.2) is 6.29 Å². The number of halogens is 1. The molecule has 0 unspecified atom stereocenters. The van der Waals surface area contributed by atoms with Gasteiger partial charge in [0.25, 0.3) is 0 Å². The van der Waals surface area contributed by atoms with E-state index < -0.39 is 5.63 Å². The third-order valence-electron chi connectivity index (χ3n) is 3.81. The van der Waals surface area contributed by atoms with Crippen molar-refractivity contribution in [3.63, 3.8) is 0 Å². The number of hydrogen-bond acceptors (Lipinski definition) is 5. The highest BCUT2D eigenvalue weighted by Gasteiger charge is 2.22. The van der Waals surface area contributed by atoms with Crippen LogP contribution in [0.5, 0.6) is 0 Å². The van der Waals surface area contributed by atoms with E-state index in [1.54, 1.807) is 18.2 Å². The van der Waals surface area contributed by atoms with E-state index in [0.717, 1.165) is 26.2 Å². The molecule has 5 nitrogen and oxygen atoms in total. The number of likely N-dealkylation sites (N-methyl/N-ethyl adjacent to an activating group) is 1. The minimum atomic E-state index is -0.603. The molecule has 6 heteroatoms. The molecule has 1 fully saturated rings. The minimum Gasteiger partial charge on any atom is -0.422 e. The smallest absolute Gasteiger partial charge is 0.349 e. The van der Waals surface area contributed by atoms with Gasteiger partial charge >= 0.3 is 5.63 Å². The summed E-state index contributed by atoms with van der Waals surface area (Å²) < 4.78 is 5.21. The lowest BCUT2D eigenvalue weighted by atomic mass is 10.1. The molecule has 1 aliphatic rings. The molecule has 1 aromatic carbocycles. The van der Waals surface area contributed by atoms with Crippen molar-refractivity contribution in [2.24, 2.45) is 0 Å². The summed E-state index contributed by atoms with van der Waals surface area (Å²) in [5.74, 6) is 0. The van der Waals surface area contributed by atoms with Crippen molar-refractivity contribution in [2.75, 3.05) is 38.1 Å². The summed E-state index contributed by atoms with van der Waals surface area (Å²) in [5.41, 5.74) is 0.541. The molecule has 0 aliphatic carbocycles. The van der Waals surface area contributed by atoms with Crippen molar-refractivity contribution in [3.8, 4) is 0 Å². The van der Waals surface area contributed by atoms with Crippen LogP contribution in [0.2, 0.25) is 5.02 Å². The van der Waals surface area contributed by atoms with Crippen LogP contribution < -0.4 is 10.5 Å². The van der Waals surface area contributed by atoms with Crippen LogP contribution in [0.25, 0.3) is 11.0 Å². The number of hydrogen-bond donors (Lipinski definition) is 0. The molecule has 1 saturated heterocycles. The van der Waals surface area contributed by atoms with Gasteiger partial charge in [-0.3, -0.25) is 4.79 Å². The molecule has 0 amide bonds. The van der Waals surface area contributed by atoms with E-state index in [9.17, 15) is 9.59 Å².